The number of rotatable bonds is 5. The van der Waals surface area contributed by atoms with Crippen molar-refractivity contribution in [3.63, 3.8) is 0 Å². The van der Waals surface area contributed by atoms with Crippen LogP contribution in [-0.4, -0.2) is 23.7 Å². The maximum Gasteiger partial charge on any atom is 0.244 e. The molecule has 2 N–H and O–H groups in total. The Hall–Kier alpha value is -1.75. The quantitative estimate of drug-likeness (QED) is 0.804. The first-order valence-corrected chi connectivity index (χ1v) is 5.99. The second-order valence-electron chi connectivity index (χ2n) is 4.53. The number of aliphatic hydroxyl groups excluding tert-OH is 1. The molecule has 5 heteroatoms. The van der Waals surface area contributed by atoms with Gasteiger partial charge in [0.25, 0.3) is 0 Å². The average molecular weight is 269 g/mol. The molecule has 0 heterocycles. The van der Waals surface area contributed by atoms with Gasteiger partial charge in [-0.25, -0.2) is 8.78 Å². The van der Waals surface area contributed by atoms with Crippen LogP contribution in [-0.2, 0) is 4.79 Å². The number of hydrogen-bond donors (Lipinski definition) is 2. The van der Waals surface area contributed by atoms with Crippen LogP contribution in [0.1, 0.15) is 19.4 Å². The van der Waals surface area contributed by atoms with Crippen LogP contribution in [0.5, 0.6) is 0 Å². The molecule has 0 saturated heterocycles. The van der Waals surface area contributed by atoms with Crippen molar-refractivity contribution in [2.24, 2.45) is 5.92 Å². The van der Waals surface area contributed by atoms with Crippen LogP contribution in [0.2, 0.25) is 0 Å². The Kier molecular flexibility index (Phi) is 5.63. The van der Waals surface area contributed by atoms with Crippen LogP contribution in [0, 0.1) is 17.6 Å². The van der Waals surface area contributed by atoms with Crippen molar-refractivity contribution in [1.82, 2.24) is 5.32 Å². The molecule has 0 bridgehead atoms. The van der Waals surface area contributed by atoms with E-state index in [9.17, 15) is 18.7 Å². The highest BCUT2D eigenvalue weighted by molar-refractivity contribution is 5.91. The highest BCUT2D eigenvalue weighted by Crippen LogP contribution is 2.13. The summed E-state index contributed by atoms with van der Waals surface area (Å²) in [6, 6.07) is 3.48. The number of hydrogen-bond acceptors (Lipinski definition) is 2. The zero-order valence-corrected chi connectivity index (χ0v) is 10.9. The van der Waals surface area contributed by atoms with Crippen LogP contribution in [0.25, 0.3) is 6.08 Å². The lowest BCUT2D eigenvalue weighted by atomic mass is 10.1. The summed E-state index contributed by atoms with van der Waals surface area (Å²) in [5.41, 5.74) is -0.262. The first-order valence-electron chi connectivity index (χ1n) is 5.99. The van der Waals surface area contributed by atoms with Crippen LogP contribution in [0.15, 0.2) is 24.3 Å². The second-order valence-corrected chi connectivity index (χ2v) is 4.53. The van der Waals surface area contributed by atoms with E-state index in [1.807, 2.05) is 13.8 Å². The molecule has 1 amide bonds. The lowest BCUT2D eigenvalue weighted by Gasteiger charge is -2.14. The molecule has 1 aromatic rings. The minimum atomic E-state index is -0.730. The van der Waals surface area contributed by atoms with Crippen molar-refractivity contribution in [3.8, 4) is 0 Å². The fourth-order valence-corrected chi connectivity index (χ4v) is 1.33. The highest BCUT2D eigenvalue weighted by atomic mass is 19.1. The van der Waals surface area contributed by atoms with E-state index in [4.69, 9.17) is 0 Å². The maximum absolute atomic E-state index is 13.3. The smallest absolute Gasteiger partial charge is 0.244 e. The number of carbonyl (C=O) groups excluding carboxylic acids is 1. The topological polar surface area (TPSA) is 49.3 Å². The molecule has 0 spiro atoms. The molecule has 0 radical (unpaired) electrons. The zero-order valence-electron chi connectivity index (χ0n) is 10.9. The molecule has 0 aliphatic heterocycles. The van der Waals surface area contributed by atoms with Crippen molar-refractivity contribution in [2.75, 3.05) is 6.54 Å². The van der Waals surface area contributed by atoms with E-state index >= 15 is 0 Å². The Bertz CT molecular complexity index is 452. The van der Waals surface area contributed by atoms with E-state index in [-0.39, 0.29) is 18.0 Å². The Morgan fingerprint density at radius 1 is 1.37 bits per heavy atom. The molecule has 1 rings (SSSR count). The number of amides is 1. The van der Waals surface area contributed by atoms with Gasteiger partial charge in [0.05, 0.1) is 6.10 Å². The Morgan fingerprint density at radius 3 is 2.47 bits per heavy atom. The lowest BCUT2D eigenvalue weighted by Crippen LogP contribution is -2.33. The molecule has 1 unspecified atom stereocenters. The highest BCUT2D eigenvalue weighted by Gasteiger charge is 2.10. The molecule has 0 aliphatic carbocycles. The van der Waals surface area contributed by atoms with Gasteiger partial charge in [-0.2, -0.15) is 0 Å². The summed E-state index contributed by atoms with van der Waals surface area (Å²) in [6.07, 6.45) is 1.46. The first kappa shape index (κ1) is 15.3. The lowest BCUT2D eigenvalue weighted by molar-refractivity contribution is -0.117. The Labute approximate surface area is 110 Å². The number of nitrogens with one attached hydrogen (secondary N) is 1. The molecule has 1 aromatic carbocycles. The van der Waals surface area contributed by atoms with Gasteiger partial charge >= 0.3 is 0 Å². The molecule has 0 aliphatic rings. The van der Waals surface area contributed by atoms with E-state index in [0.717, 1.165) is 24.3 Å². The molecule has 0 saturated carbocycles. The number of halogens is 2. The summed E-state index contributed by atoms with van der Waals surface area (Å²) >= 11 is 0. The maximum atomic E-state index is 13.3. The van der Waals surface area contributed by atoms with E-state index in [1.165, 1.54) is 6.07 Å². The van der Waals surface area contributed by atoms with Gasteiger partial charge in [-0.1, -0.05) is 19.9 Å². The van der Waals surface area contributed by atoms with Gasteiger partial charge in [-0.05, 0) is 24.1 Å². The number of aliphatic hydroxyl groups is 1. The molecule has 104 valence electrons. The predicted octanol–water partition coefficient (Wildman–Crippen LogP) is 2.11. The van der Waals surface area contributed by atoms with Crippen LogP contribution < -0.4 is 5.32 Å². The van der Waals surface area contributed by atoms with E-state index in [0.29, 0.717) is 0 Å². The van der Waals surface area contributed by atoms with Gasteiger partial charge in [-0.3, -0.25) is 4.79 Å². The Balaban J connectivity index is 2.59. The standard InChI is InChI=1S/C14H17F2NO2/c1-9(2)13(18)8-17-14(19)7-6-10-11(15)4-3-5-12(10)16/h3-7,9,13,18H,8H2,1-2H3,(H,17,19)/b7-6+. The zero-order chi connectivity index (χ0) is 14.4. The van der Waals surface area contributed by atoms with Crippen molar-refractivity contribution >= 4 is 12.0 Å². The van der Waals surface area contributed by atoms with Crippen LogP contribution in [0.4, 0.5) is 8.78 Å². The molecular formula is C14H17F2NO2. The summed E-state index contributed by atoms with van der Waals surface area (Å²) < 4.78 is 26.5. The average Bonchev–Trinajstić information content (AvgIpc) is 2.35. The fraction of sp³-hybridized carbons (Fsp3) is 0.357. The third-order valence-corrected chi connectivity index (χ3v) is 2.66. The monoisotopic (exact) mass is 269 g/mol. The van der Waals surface area contributed by atoms with Crippen molar-refractivity contribution in [2.45, 2.75) is 20.0 Å². The third-order valence-electron chi connectivity index (χ3n) is 2.66. The van der Waals surface area contributed by atoms with Crippen LogP contribution in [0.3, 0.4) is 0 Å². The fourth-order valence-electron chi connectivity index (χ4n) is 1.33. The predicted molar refractivity (Wildman–Crippen MR) is 69.2 cm³/mol. The van der Waals surface area contributed by atoms with Crippen LogP contribution >= 0.6 is 0 Å². The van der Waals surface area contributed by atoms with Gasteiger partial charge < -0.3 is 10.4 Å². The minimum absolute atomic E-state index is 0.0216. The van der Waals surface area contributed by atoms with Gasteiger partial charge in [-0.15, -0.1) is 0 Å². The van der Waals surface area contributed by atoms with Gasteiger partial charge in [0.1, 0.15) is 11.6 Å². The molecule has 3 nitrogen and oxygen atoms in total. The normalized spacial score (nSPS) is 12.9. The van der Waals surface area contributed by atoms with E-state index < -0.39 is 23.6 Å². The molecule has 19 heavy (non-hydrogen) atoms. The minimum Gasteiger partial charge on any atom is -0.391 e. The van der Waals surface area contributed by atoms with Gasteiger partial charge in [0.15, 0.2) is 0 Å². The molecular weight excluding hydrogens is 252 g/mol. The summed E-state index contributed by atoms with van der Waals surface area (Å²) in [7, 11) is 0. The van der Waals surface area contributed by atoms with Crippen molar-refractivity contribution < 1.29 is 18.7 Å². The molecule has 1 atom stereocenters. The van der Waals surface area contributed by atoms with Gasteiger partial charge in [0.2, 0.25) is 5.91 Å². The largest absolute Gasteiger partial charge is 0.391 e. The Morgan fingerprint density at radius 2 is 1.95 bits per heavy atom. The second kappa shape index (κ2) is 6.99. The van der Waals surface area contributed by atoms with Gasteiger partial charge in [0, 0.05) is 18.2 Å². The first-order chi connectivity index (χ1) is 8.91. The summed E-state index contributed by atoms with van der Waals surface area (Å²) in [5.74, 6) is -1.95. The number of carbonyl (C=O) groups is 1. The SMILES string of the molecule is CC(C)C(O)CNC(=O)/C=C/c1c(F)cccc1F. The number of benzene rings is 1. The summed E-state index contributed by atoms with van der Waals surface area (Å²) in [5, 5.41) is 11.9. The summed E-state index contributed by atoms with van der Waals surface area (Å²) in [6.45, 7) is 3.74. The van der Waals surface area contributed by atoms with Crippen molar-refractivity contribution in [3.05, 3.63) is 41.5 Å². The van der Waals surface area contributed by atoms with E-state index in [1.54, 1.807) is 0 Å². The molecule has 0 fully saturated rings. The molecule has 0 aromatic heterocycles. The third kappa shape index (κ3) is 4.79. The summed E-state index contributed by atoms with van der Waals surface area (Å²) in [4.78, 5) is 11.4. The van der Waals surface area contributed by atoms with E-state index in [2.05, 4.69) is 5.32 Å². The van der Waals surface area contributed by atoms with Crippen molar-refractivity contribution in [1.29, 1.82) is 0 Å².